The molecular formula is C14H16O2. The molecule has 0 heterocycles. The lowest BCUT2D eigenvalue weighted by molar-refractivity contribution is 0.192. The molecule has 2 heteroatoms. The molecule has 0 aromatic heterocycles. The number of ether oxygens (including phenoxy) is 1. The van der Waals surface area contributed by atoms with E-state index in [0.29, 0.717) is 6.61 Å². The van der Waals surface area contributed by atoms with Crippen molar-refractivity contribution in [1.29, 1.82) is 0 Å². The first kappa shape index (κ1) is 11.0. The fourth-order valence-electron chi connectivity index (χ4n) is 1.89. The molecule has 16 heavy (non-hydrogen) atoms. The third-order valence-corrected chi connectivity index (χ3v) is 2.65. The van der Waals surface area contributed by atoms with Crippen molar-refractivity contribution in [2.75, 3.05) is 6.61 Å². The zero-order valence-electron chi connectivity index (χ0n) is 9.60. The van der Waals surface area contributed by atoms with E-state index in [1.165, 1.54) is 0 Å². The van der Waals surface area contributed by atoms with Crippen molar-refractivity contribution < 1.29 is 9.84 Å². The van der Waals surface area contributed by atoms with Crippen LogP contribution in [0, 0.1) is 0 Å². The summed E-state index contributed by atoms with van der Waals surface area (Å²) in [4.78, 5) is 0. The van der Waals surface area contributed by atoms with Crippen molar-refractivity contribution in [2.45, 2.75) is 20.0 Å². The molecule has 2 rings (SSSR count). The summed E-state index contributed by atoms with van der Waals surface area (Å²) in [6, 6.07) is 12.0. The zero-order valence-corrected chi connectivity index (χ0v) is 9.60. The Morgan fingerprint density at radius 1 is 1.19 bits per heavy atom. The first-order valence-electron chi connectivity index (χ1n) is 5.56. The van der Waals surface area contributed by atoms with E-state index in [2.05, 4.69) is 0 Å². The van der Waals surface area contributed by atoms with Crippen molar-refractivity contribution in [2.24, 2.45) is 0 Å². The van der Waals surface area contributed by atoms with Crippen LogP contribution in [-0.2, 0) is 0 Å². The fraction of sp³-hybridized carbons (Fsp3) is 0.286. The van der Waals surface area contributed by atoms with Crippen LogP contribution in [0.2, 0.25) is 0 Å². The summed E-state index contributed by atoms with van der Waals surface area (Å²) in [5.41, 5.74) is 0.848. The quantitative estimate of drug-likeness (QED) is 0.853. The van der Waals surface area contributed by atoms with Crippen molar-refractivity contribution in [3.05, 3.63) is 42.0 Å². The van der Waals surface area contributed by atoms with Crippen LogP contribution in [0.1, 0.15) is 25.5 Å². The summed E-state index contributed by atoms with van der Waals surface area (Å²) in [6.07, 6.45) is -0.508. The van der Waals surface area contributed by atoms with Crippen molar-refractivity contribution in [3.8, 4) is 5.75 Å². The predicted molar refractivity (Wildman–Crippen MR) is 65.8 cm³/mol. The van der Waals surface area contributed by atoms with Crippen LogP contribution >= 0.6 is 0 Å². The highest BCUT2D eigenvalue weighted by Crippen LogP contribution is 2.33. The second kappa shape index (κ2) is 4.54. The van der Waals surface area contributed by atoms with Crippen LogP contribution in [0.4, 0.5) is 0 Å². The Kier molecular flexibility index (Phi) is 3.11. The summed E-state index contributed by atoms with van der Waals surface area (Å²) in [6.45, 7) is 4.31. The summed E-state index contributed by atoms with van der Waals surface area (Å²) in [5, 5.41) is 11.9. The van der Waals surface area contributed by atoms with E-state index in [9.17, 15) is 5.11 Å². The van der Waals surface area contributed by atoms with Gasteiger partial charge in [0.15, 0.2) is 0 Å². The van der Waals surface area contributed by atoms with E-state index in [1.54, 1.807) is 6.92 Å². The number of fused-ring (bicyclic) bond motifs is 1. The maximum absolute atomic E-state index is 9.71. The molecule has 2 aromatic rings. The Morgan fingerprint density at radius 2 is 1.94 bits per heavy atom. The van der Waals surface area contributed by atoms with Crippen molar-refractivity contribution in [1.82, 2.24) is 0 Å². The highest BCUT2D eigenvalue weighted by Gasteiger charge is 2.12. The number of aliphatic hydroxyl groups excluding tert-OH is 1. The van der Waals surface area contributed by atoms with Crippen molar-refractivity contribution in [3.63, 3.8) is 0 Å². The van der Waals surface area contributed by atoms with Crippen LogP contribution in [0.5, 0.6) is 5.75 Å². The molecule has 0 bridgehead atoms. The molecule has 0 spiro atoms. The lowest BCUT2D eigenvalue weighted by atomic mass is 10.0. The minimum absolute atomic E-state index is 0.508. The maximum atomic E-state index is 9.71. The Hall–Kier alpha value is -1.54. The van der Waals surface area contributed by atoms with Gasteiger partial charge in [0.1, 0.15) is 5.75 Å². The van der Waals surface area contributed by atoms with Gasteiger partial charge in [-0.2, -0.15) is 0 Å². The standard InChI is InChI=1S/C14H16O2/c1-3-16-14-12(10(2)15)9-8-11-6-4-5-7-13(11)14/h4-10,15H,3H2,1-2H3/t10-/m0/s1. The van der Waals surface area contributed by atoms with Gasteiger partial charge in [0.05, 0.1) is 12.7 Å². The normalized spacial score (nSPS) is 12.7. The summed E-state index contributed by atoms with van der Waals surface area (Å²) >= 11 is 0. The van der Waals surface area contributed by atoms with E-state index in [-0.39, 0.29) is 0 Å². The maximum Gasteiger partial charge on any atom is 0.132 e. The lowest BCUT2D eigenvalue weighted by Gasteiger charge is -2.15. The van der Waals surface area contributed by atoms with E-state index in [1.807, 2.05) is 43.3 Å². The molecule has 0 saturated carbocycles. The molecule has 0 aliphatic rings. The van der Waals surface area contributed by atoms with Gasteiger partial charge in [-0.05, 0) is 19.2 Å². The molecule has 1 atom stereocenters. The van der Waals surface area contributed by atoms with E-state index in [0.717, 1.165) is 22.1 Å². The molecule has 0 unspecified atom stereocenters. The Bertz CT molecular complexity index is 489. The van der Waals surface area contributed by atoms with Gasteiger partial charge in [-0.3, -0.25) is 0 Å². The first-order chi connectivity index (χ1) is 7.74. The molecule has 2 nitrogen and oxygen atoms in total. The van der Waals surface area contributed by atoms with Gasteiger partial charge in [-0.15, -0.1) is 0 Å². The van der Waals surface area contributed by atoms with Gasteiger partial charge in [0.25, 0.3) is 0 Å². The topological polar surface area (TPSA) is 29.5 Å². The number of aliphatic hydroxyl groups is 1. The van der Waals surface area contributed by atoms with Crippen LogP contribution in [0.15, 0.2) is 36.4 Å². The van der Waals surface area contributed by atoms with Crippen LogP contribution in [0.3, 0.4) is 0 Å². The van der Waals surface area contributed by atoms with Gasteiger partial charge in [-0.25, -0.2) is 0 Å². The number of benzene rings is 2. The first-order valence-corrected chi connectivity index (χ1v) is 5.56. The summed E-state index contributed by atoms with van der Waals surface area (Å²) in [5.74, 6) is 0.801. The largest absolute Gasteiger partial charge is 0.493 e. The number of hydrogen-bond acceptors (Lipinski definition) is 2. The number of rotatable bonds is 3. The summed E-state index contributed by atoms with van der Waals surface area (Å²) in [7, 11) is 0. The fourth-order valence-corrected chi connectivity index (χ4v) is 1.89. The number of hydrogen-bond donors (Lipinski definition) is 1. The monoisotopic (exact) mass is 216 g/mol. The second-order valence-corrected chi connectivity index (χ2v) is 3.81. The molecule has 0 radical (unpaired) electrons. The minimum atomic E-state index is -0.508. The van der Waals surface area contributed by atoms with Crippen LogP contribution in [0.25, 0.3) is 10.8 Å². The molecule has 2 aromatic carbocycles. The zero-order chi connectivity index (χ0) is 11.5. The highest BCUT2D eigenvalue weighted by atomic mass is 16.5. The molecule has 0 fully saturated rings. The molecule has 0 amide bonds. The summed E-state index contributed by atoms with van der Waals surface area (Å²) < 4.78 is 5.65. The minimum Gasteiger partial charge on any atom is -0.493 e. The molecule has 1 N–H and O–H groups in total. The van der Waals surface area contributed by atoms with Gasteiger partial charge < -0.3 is 9.84 Å². The molecule has 0 aliphatic carbocycles. The third-order valence-electron chi connectivity index (χ3n) is 2.65. The molecule has 0 saturated heterocycles. The van der Waals surface area contributed by atoms with Crippen molar-refractivity contribution >= 4 is 10.8 Å². The molecule has 84 valence electrons. The van der Waals surface area contributed by atoms with Gasteiger partial charge >= 0.3 is 0 Å². The average molecular weight is 216 g/mol. The Morgan fingerprint density at radius 3 is 2.62 bits per heavy atom. The third kappa shape index (κ3) is 1.89. The highest BCUT2D eigenvalue weighted by molar-refractivity contribution is 5.89. The van der Waals surface area contributed by atoms with E-state index >= 15 is 0 Å². The van der Waals surface area contributed by atoms with Gasteiger partial charge in [0, 0.05) is 10.9 Å². The van der Waals surface area contributed by atoms with E-state index in [4.69, 9.17) is 4.74 Å². The Balaban J connectivity index is 2.68. The molecular weight excluding hydrogens is 200 g/mol. The van der Waals surface area contributed by atoms with Gasteiger partial charge in [0.2, 0.25) is 0 Å². The smallest absolute Gasteiger partial charge is 0.132 e. The lowest BCUT2D eigenvalue weighted by Crippen LogP contribution is -2.00. The van der Waals surface area contributed by atoms with Gasteiger partial charge in [-0.1, -0.05) is 36.4 Å². The predicted octanol–water partition coefficient (Wildman–Crippen LogP) is 3.29. The Labute approximate surface area is 95.5 Å². The van der Waals surface area contributed by atoms with Crippen LogP contribution < -0.4 is 4.74 Å². The molecule has 0 aliphatic heterocycles. The SMILES string of the molecule is CCOc1c([C@H](C)O)ccc2ccccc12. The second-order valence-electron chi connectivity index (χ2n) is 3.81. The average Bonchev–Trinajstić information content (AvgIpc) is 2.29. The van der Waals surface area contributed by atoms with E-state index < -0.39 is 6.10 Å². The van der Waals surface area contributed by atoms with Crippen LogP contribution in [-0.4, -0.2) is 11.7 Å².